The number of benzene rings is 8. The van der Waals surface area contributed by atoms with Gasteiger partial charge >= 0.3 is 0 Å². The molecule has 0 heterocycles. The van der Waals surface area contributed by atoms with E-state index in [4.69, 9.17) is 0 Å². The second-order valence-corrected chi connectivity index (χ2v) is 11.1. The fourth-order valence-electron chi connectivity index (χ4n) is 6.25. The second-order valence-electron chi connectivity index (χ2n) is 11.1. The molecule has 8 rings (SSSR count). The van der Waals surface area contributed by atoms with Crippen LogP contribution in [0, 0.1) is 0 Å². The van der Waals surface area contributed by atoms with Crippen LogP contribution < -0.4 is 5.32 Å². The van der Waals surface area contributed by atoms with Gasteiger partial charge in [-0.1, -0.05) is 140 Å². The predicted molar refractivity (Wildman–Crippen MR) is 185 cm³/mol. The molecule has 0 aliphatic heterocycles. The Kier molecular flexibility index (Phi) is 6.20. The molecule has 1 N–H and O–H groups in total. The zero-order valence-corrected chi connectivity index (χ0v) is 23.7. The van der Waals surface area contributed by atoms with Gasteiger partial charge in [-0.05, 0) is 90.5 Å². The maximum Gasteiger partial charge on any atom is 0.0464 e. The standard InChI is InChI=1S/C42H29N/c1-2-10-31(11-3-1)40-28-36(39-16-8-14-33-19-18-32-12-6-7-15-38(32)42(33)39)23-26-41(40)43-37-24-21-30(22-25-37)35-20-17-29-9-4-5-13-34(29)27-35/h1-28,43H. The topological polar surface area (TPSA) is 12.0 Å². The maximum atomic E-state index is 3.72. The molecule has 0 bridgehead atoms. The Labute approximate surface area is 251 Å². The first kappa shape index (κ1) is 25.1. The Balaban J connectivity index is 1.19. The van der Waals surface area contributed by atoms with Gasteiger partial charge < -0.3 is 5.32 Å². The van der Waals surface area contributed by atoms with E-state index in [0.29, 0.717) is 0 Å². The zero-order chi connectivity index (χ0) is 28.6. The first-order valence-corrected chi connectivity index (χ1v) is 14.8. The number of fused-ring (bicyclic) bond motifs is 4. The molecule has 0 radical (unpaired) electrons. The lowest BCUT2D eigenvalue weighted by atomic mass is 9.91. The maximum absolute atomic E-state index is 3.72. The van der Waals surface area contributed by atoms with Crippen molar-refractivity contribution in [1.29, 1.82) is 0 Å². The summed E-state index contributed by atoms with van der Waals surface area (Å²) >= 11 is 0. The van der Waals surface area contributed by atoms with E-state index in [1.165, 1.54) is 65.7 Å². The average Bonchev–Trinajstić information content (AvgIpc) is 3.08. The summed E-state index contributed by atoms with van der Waals surface area (Å²) in [5.41, 5.74) is 9.39. The lowest BCUT2D eigenvalue weighted by Gasteiger charge is -2.16. The van der Waals surface area contributed by atoms with Crippen LogP contribution in [0.2, 0.25) is 0 Å². The third-order valence-corrected chi connectivity index (χ3v) is 8.43. The Bertz CT molecular complexity index is 2250. The third-order valence-electron chi connectivity index (χ3n) is 8.43. The van der Waals surface area contributed by atoms with Gasteiger partial charge in [-0.15, -0.1) is 0 Å². The Morgan fingerprint density at radius 3 is 1.84 bits per heavy atom. The van der Waals surface area contributed by atoms with Gasteiger partial charge in [0.15, 0.2) is 0 Å². The van der Waals surface area contributed by atoms with Crippen LogP contribution in [0.5, 0.6) is 0 Å². The molecule has 1 heteroatoms. The molecule has 0 atom stereocenters. The molecular weight excluding hydrogens is 518 g/mol. The molecule has 8 aromatic carbocycles. The minimum absolute atomic E-state index is 1.06. The van der Waals surface area contributed by atoms with Gasteiger partial charge in [-0.3, -0.25) is 0 Å². The summed E-state index contributed by atoms with van der Waals surface area (Å²) in [6, 6.07) is 61.1. The van der Waals surface area contributed by atoms with Gasteiger partial charge in [0, 0.05) is 16.9 Å². The largest absolute Gasteiger partial charge is 0.355 e. The first-order chi connectivity index (χ1) is 21.3. The van der Waals surface area contributed by atoms with Gasteiger partial charge in [0.1, 0.15) is 0 Å². The first-order valence-electron chi connectivity index (χ1n) is 14.8. The number of nitrogens with one attached hydrogen (secondary N) is 1. The molecule has 8 aromatic rings. The van der Waals surface area contributed by atoms with Crippen LogP contribution in [-0.2, 0) is 0 Å². The highest BCUT2D eigenvalue weighted by Gasteiger charge is 2.12. The lowest BCUT2D eigenvalue weighted by molar-refractivity contribution is 1.52. The SMILES string of the molecule is c1ccc(-c2cc(-c3cccc4ccc5ccccc5c34)ccc2Nc2ccc(-c3ccc4ccccc4c3)cc2)cc1. The normalized spacial score (nSPS) is 11.3. The molecule has 0 aromatic heterocycles. The van der Waals surface area contributed by atoms with Gasteiger partial charge in [-0.2, -0.15) is 0 Å². The van der Waals surface area contributed by atoms with Crippen molar-refractivity contribution in [1.82, 2.24) is 0 Å². The van der Waals surface area contributed by atoms with Gasteiger partial charge in [0.05, 0.1) is 0 Å². The van der Waals surface area contributed by atoms with E-state index in [2.05, 4.69) is 175 Å². The molecule has 0 unspecified atom stereocenters. The van der Waals surface area contributed by atoms with E-state index in [9.17, 15) is 0 Å². The fourth-order valence-corrected chi connectivity index (χ4v) is 6.25. The summed E-state index contributed by atoms with van der Waals surface area (Å²) in [5.74, 6) is 0. The van der Waals surface area contributed by atoms with Crippen molar-refractivity contribution in [3.05, 3.63) is 170 Å². The molecule has 202 valence electrons. The summed E-state index contributed by atoms with van der Waals surface area (Å²) in [6.45, 7) is 0. The third kappa shape index (κ3) is 4.71. The van der Waals surface area contributed by atoms with Crippen LogP contribution in [0.3, 0.4) is 0 Å². The van der Waals surface area contributed by atoms with Crippen molar-refractivity contribution < 1.29 is 0 Å². The quantitative estimate of drug-likeness (QED) is 0.211. The molecule has 0 fully saturated rings. The molecule has 43 heavy (non-hydrogen) atoms. The fraction of sp³-hybridized carbons (Fsp3) is 0. The predicted octanol–water partition coefficient (Wildman–Crippen LogP) is 11.9. The summed E-state index contributed by atoms with van der Waals surface area (Å²) in [4.78, 5) is 0. The molecule has 1 nitrogen and oxygen atoms in total. The van der Waals surface area contributed by atoms with Crippen LogP contribution in [0.15, 0.2) is 170 Å². The number of rotatable bonds is 5. The minimum atomic E-state index is 1.06. The molecule has 0 spiro atoms. The van der Waals surface area contributed by atoms with Crippen molar-refractivity contribution in [2.45, 2.75) is 0 Å². The highest BCUT2D eigenvalue weighted by molar-refractivity contribution is 6.14. The Hall–Kier alpha value is -5.66. The van der Waals surface area contributed by atoms with E-state index in [-0.39, 0.29) is 0 Å². The van der Waals surface area contributed by atoms with Crippen LogP contribution in [0.1, 0.15) is 0 Å². The van der Waals surface area contributed by atoms with Gasteiger partial charge in [0.2, 0.25) is 0 Å². The molecule has 0 amide bonds. The average molecular weight is 548 g/mol. The zero-order valence-electron chi connectivity index (χ0n) is 23.7. The van der Waals surface area contributed by atoms with E-state index in [1.54, 1.807) is 0 Å². The summed E-state index contributed by atoms with van der Waals surface area (Å²) in [5, 5.41) is 11.3. The van der Waals surface area contributed by atoms with Gasteiger partial charge in [0.25, 0.3) is 0 Å². The van der Waals surface area contributed by atoms with Gasteiger partial charge in [-0.25, -0.2) is 0 Å². The van der Waals surface area contributed by atoms with Crippen LogP contribution in [0.4, 0.5) is 11.4 Å². The highest BCUT2D eigenvalue weighted by atomic mass is 14.9. The monoisotopic (exact) mass is 547 g/mol. The molecular formula is C42H29N. The number of anilines is 2. The van der Waals surface area contributed by atoms with Crippen LogP contribution >= 0.6 is 0 Å². The summed E-state index contributed by atoms with van der Waals surface area (Å²) in [6.07, 6.45) is 0. The van der Waals surface area contributed by atoms with E-state index in [0.717, 1.165) is 11.4 Å². The van der Waals surface area contributed by atoms with Crippen molar-refractivity contribution >= 4 is 43.7 Å². The van der Waals surface area contributed by atoms with E-state index >= 15 is 0 Å². The molecule has 0 aliphatic rings. The minimum Gasteiger partial charge on any atom is -0.355 e. The summed E-state index contributed by atoms with van der Waals surface area (Å²) in [7, 11) is 0. The van der Waals surface area contributed by atoms with E-state index in [1.807, 2.05) is 0 Å². The van der Waals surface area contributed by atoms with E-state index < -0.39 is 0 Å². The van der Waals surface area contributed by atoms with Crippen molar-refractivity contribution in [2.75, 3.05) is 5.32 Å². The number of hydrogen-bond acceptors (Lipinski definition) is 1. The van der Waals surface area contributed by atoms with Crippen molar-refractivity contribution in [3.63, 3.8) is 0 Å². The Morgan fingerprint density at radius 2 is 0.977 bits per heavy atom. The van der Waals surface area contributed by atoms with Crippen molar-refractivity contribution in [2.24, 2.45) is 0 Å². The smallest absolute Gasteiger partial charge is 0.0464 e. The molecule has 0 saturated carbocycles. The second kappa shape index (κ2) is 10.6. The highest BCUT2D eigenvalue weighted by Crippen LogP contribution is 2.39. The molecule has 0 aliphatic carbocycles. The number of hydrogen-bond donors (Lipinski definition) is 1. The molecule has 0 saturated heterocycles. The summed E-state index contributed by atoms with van der Waals surface area (Å²) < 4.78 is 0. The van der Waals surface area contributed by atoms with Crippen molar-refractivity contribution in [3.8, 4) is 33.4 Å². The Morgan fingerprint density at radius 1 is 0.326 bits per heavy atom. The lowest BCUT2D eigenvalue weighted by Crippen LogP contribution is -1.95. The van der Waals surface area contributed by atoms with Crippen LogP contribution in [-0.4, -0.2) is 0 Å². The van der Waals surface area contributed by atoms with Crippen LogP contribution in [0.25, 0.3) is 65.7 Å².